The van der Waals surface area contributed by atoms with Crippen molar-refractivity contribution in [3.8, 4) is 0 Å². The Kier molecular flexibility index (Phi) is 3.69. The van der Waals surface area contributed by atoms with Gasteiger partial charge in [0.15, 0.2) is 0 Å². The Hall–Kier alpha value is -1.88. The fraction of sp³-hybridized carbons (Fsp3) is 0.467. The summed E-state index contributed by atoms with van der Waals surface area (Å²) in [5, 5.41) is 3.31. The predicted molar refractivity (Wildman–Crippen MR) is 78.8 cm³/mol. The van der Waals surface area contributed by atoms with Crippen LogP contribution in [-0.4, -0.2) is 46.5 Å². The van der Waals surface area contributed by atoms with E-state index in [4.69, 9.17) is 0 Å². The minimum atomic E-state index is 0.113. The number of amides is 1. The number of hydrogen-bond acceptors (Lipinski definition) is 3. The van der Waals surface area contributed by atoms with E-state index in [0.29, 0.717) is 0 Å². The normalized spacial score (nSPS) is 16.4. The molecular formula is C15H20N4O. The van der Waals surface area contributed by atoms with Crippen LogP contribution in [0.25, 0.3) is 11.0 Å². The standard InChI is InChI=1S/C15H20N4O/c1-2-18-11-17-13-10-12(4-5-14(13)18)15(20)19-8-3-6-16-7-9-19/h4-5,10-11,16H,2-3,6-9H2,1H3. The lowest BCUT2D eigenvalue weighted by molar-refractivity contribution is 0.0766. The molecule has 106 valence electrons. The van der Waals surface area contributed by atoms with Gasteiger partial charge in [0.05, 0.1) is 17.4 Å². The summed E-state index contributed by atoms with van der Waals surface area (Å²) in [7, 11) is 0. The van der Waals surface area contributed by atoms with E-state index < -0.39 is 0 Å². The van der Waals surface area contributed by atoms with Gasteiger partial charge in [-0.2, -0.15) is 0 Å². The molecule has 1 aromatic heterocycles. The summed E-state index contributed by atoms with van der Waals surface area (Å²) in [5.41, 5.74) is 2.72. The number of aromatic nitrogens is 2. The largest absolute Gasteiger partial charge is 0.337 e. The van der Waals surface area contributed by atoms with Gasteiger partial charge in [0.25, 0.3) is 5.91 Å². The van der Waals surface area contributed by atoms with Crippen molar-refractivity contribution in [1.29, 1.82) is 0 Å². The number of nitrogens with one attached hydrogen (secondary N) is 1. The molecule has 0 radical (unpaired) electrons. The van der Waals surface area contributed by atoms with Crippen LogP contribution in [0.3, 0.4) is 0 Å². The smallest absolute Gasteiger partial charge is 0.253 e. The van der Waals surface area contributed by atoms with Crippen molar-refractivity contribution in [3.63, 3.8) is 0 Å². The van der Waals surface area contributed by atoms with Crippen molar-refractivity contribution in [2.45, 2.75) is 19.9 Å². The van der Waals surface area contributed by atoms with Gasteiger partial charge in [-0.25, -0.2) is 4.98 Å². The van der Waals surface area contributed by atoms with Gasteiger partial charge in [-0.3, -0.25) is 4.79 Å². The number of carbonyl (C=O) groups is 1. The highest BCUT2D eigenvalue weighted by atomic mass is 16.2. The highest BCUT2D eigenvalue weighted by Gasteiger charge is 2.17. The van der Waals surface area contributed by atoms with Crippen LogP contribution in [0.2, 0.25) is 0 Å². The van der Waals surface area contributed by atoms with Crippen LogP contribution in [0.15, 0.2) is 24.5 Å². The highest BCUT2D eigenvalue weighted by Crippen LogP contribution is 2.16. The van der Waals surface area contributed by atoms with Gasteiger partial charge in [0.2, 0.25) is 0 Å². The van der Waals surface area contributed by atoms with E-state index in [0.717, 1.165) is 55.7 Å². The molecule has 0 spiro atoms. The number of benzene rings is 1. The maximum absolute atomic E-state index is 12.5. The zero-order valence-electron chi connectivity index (χ0n) is 11.8. The first-order chi connectivity index (χ1) is 9.79. The third-order valence-corrected chi connectivity index (χ3v) is 3.84. The quantitative estimate of drug-likeness (QED) is 0.901. The number of carbonyl (C=O) groups excluding carboxylic acids is 1. The molecule has 0 atom stereocenters. The van der Waals surface area contributed by atoms with Gasteiger partial charge in [-0.15, -0.1) is 0 Å². The number of hydrogen-bond donors (Lipinski definition) is 1. The van der Waals surface area contributed by atoms with Gasteiger partial charge in [0.1, 0.15) is 0 Å². The van der Waals surface area contributed by atoms with Crippen molar-refractivity contribution < 1.29 is 4.79 Å². The van der Waals surface area contributed by atoms with Gasteiger partial charge in [-0.05, 0) is 38.1 Å². The summed E-state index contributed by atoms with van der Waals surface area (Å²) in [6, 6.07) is 5.81. The molecular weight excluding hydrogens is 252 g/mol. The molecule has 2 aromatic rings. The second-order valence-corrected chi connectivity index (χ2v) is 5.13. The van der Waals surface area contributed by atoms with E-state index in [1.165, 1.54) is 0 Å². The molecule has 1 aliphatic rings. The Balaban J connectivity index is 1.87. The molecule has 3 rings (SSSR count). The molecule has 1 aliphatic heterocycles. The van der Waals surface area contributed by atoms with Crippen LogP contribution in [0.1, 0.15) is 23.7 Å². The van der Waals surface area contributed by atoms with Crippen LogP contribution in [0, 0.1) is 0 Å². The summed E-state index contributed by atoms with van der Waals surface area (Å²) in [6.07, 6.45) is 2.84. The molecule has 1 fully saturated rings. The molecule has 1 saturated heterocycles. The number of rotatable bonds is 2. The van der Waals surface area contributed by atoms with Crippen molar-refractivity contribution in [1.82, 2.24) is 19.8 Å². The summed E-state index contributed by atoms with van der Waals surface area (Å²) in [5.74, 6) is 0.113. The van der Waals surface area contributed by atoms with Crippen LogP contribution in [0.4, 0.5) is 0 Å². The fourth-order valence-corrected chi connectivity index (χ4v) is 2.68. The van der Waals surface area contributed by atoms with E-state index in [1.807, 2.05) is 29.4 Å². The average molecular weight is 272 g/mol. The molecule has 5 nitrogen and oxygen atoms in total. The van der Waals surface area contributed by atoms with Gasteiger partial charge in [0, 0.05) is 31.7 Å². The van der Waals surface area contributed by atoms with Crippen molar-refractivity contribution in [2.75, 3.05) is 26.2 Å². The SMILES string of the molecule is CCn1cnc2cc(C(=O)N3CCCNCC3)ccc21. The second-order valence-electron chi connectivity index (χ2n) is 5.13. The van der Waals surface area contributed by atoms with Crippen LogP contribution >= 0.6 is 0 Å². The molecule has 1 aromatic carbocycles. The number of aryl methyl sites for hydroxylation is 1. The lowest BCUT2D eigenvalue weighted by Gasteiger charge is -2.19. The van der Waals surface area contributed by atoms with Crippen molar-refractivity contribution in [3.05, 3.63) is 30.1 Å². The number of imidazole rings is 1. The van der Waals surface area contributed by atoms with Crippen LogP contribution in [-0.2, 0) is 6.54 Å². The minimum Gasteiger partial charge on any atom is -0.337 e. The van der Waals surface area contributed by atoms with Gasteiger partial charge >= 0.3 is 0 Å². The van der Waals surface area contributed by atoms with Crippen LogP contribution in [0.5, 0.6) is 0 Å². The number of fused-ring (bicyclic) bond motifs is 1. The maximum Gasteiger partial charge on any atom is 0.253 e. The number of nitrogens with zero attached hydrogens (tertiary/aromatic N) is 3. The Morgan fingerprint density at radius 3 is 3.10 bits per heavy atom. The Bertz CT molecular complexity index is 611. The molecule has 0 bridgehead atoms. The summed E-state index contributed by atoms with van der Waals surface area (Å²) >= 11 is 0. The Morgan fingerprint density at radius 1 is 1.35 bits per heavy atom. The highest BCUT2D eigenvalue weighted by molar-refractivity contribution is 5.97. The van der Waals surface area contributed by atoms with Crippen molar-refractivity contribution in [2.24, 2.45) is 0 Å². The molecule has 1 amide bonds. The van der Waals surface area contributed by atoms with E-state index in [-0.39, 0.29) is 5.91 Å². The summed E-state index contributed by atoms with van der Waals surface area (Å²) in [4.78, 5) is 18.8. The maximum atomic E-state index is 12.5. The lowest BCUT2D eigenvalue weighted by atomic mass is 10.1. The van der Waals surface area contributed by atoms with E-state index in [9.17, 15) is 4.79 Å². The average Bonchev–Trinajstić information content (AvgIpc) is 2.70. The van der Waals surface area contributed by atoms with Crippen LogP contribution < -0.4 is 5.32 Å². The first kappa shape index (κ1) is 13.1. The topological polar surface area (TPSA) is 50.2 Å². The molecule has 2 heterocycles. The zero-order valence-corrected chi connectivity index (χ0v) is 11.8. The van der Waals surface area contributed by atoms with E-state index >= 15 is 0 Å². The molecule has 0 unspecified atom stereocenters. The first-order valence-electron chi connectivity index (χ1n) is 7.24. The minimum absolute atomic E-state index is 0.113. The molecule has 20 heavy (non-hydrogen) atoms. The van der Waals surface area contributed by atoms with Gasteiger partial charge < -0.3 is 14.8 Å². The predicted octanol–water partition coefficient (Wildman–Crippen LogP) is 1.49. The molecule has 1 N–H and O–H groups in total. The second kappa shape index (κ2) is 5.63. The van der Waals surface area contributed by atoms with Crippen molar-refractivity contribution >= 4 is 16.9 Å². The Labute approximate surface area is 118 Å². The lowest BCUT2D eigenvalue weighted by Crippen LogP contribution is -2.34. The third kappa shape index (κ3) is 2.41. The monoisotopic (exact) mass is 272 g/mol. The fourth-order valence-electron chi connectivity index (χ4n) is 2.68. The van der Waals surface area contributed by atoms with E-state index in [1.54, 1.807) is 0 Å². The summed E-state index contributed by atoms with van der Waals surface area (Å²) < 4.78 is 2.08. The summed E-state index contributed by atoms with van der Waals surface area (Å²) in [6.45, 7) is 6.45. The first-order valence-corrected chi connectivity index (χ1v) is 7.24. The molecule has 0 aliphatic carbocycles. The van der Waals surface area contributed by atoms with Gasteiger partial charge in [-0.1, -0.05) is 0 Å². The molecule has 0 saturated carbocycles. The van der Waals surface area contributed by atoms with E-state index in [2.05, 4.69) is 21.8 Å². The third-order valence-electron chi connectivity index (χ3n) is 3.84. The Morgan fingerprint density at radius 2 is 2.25 bits per heavy atom. The zero-order chi connectivity index (χ0) is 13.9. The molecule has 5 heteroatoms.